The molecule has 0 aliphatic heterocycles. The van der Waals surface area contributed by atoms with E-state index in [2.05, 4.69) is 11.8 Å². The monoisotopic (exact) mass is 220 g/mol. The molecule has 0 saturated carbocycles. The van der Waals surface area contributed by atoms with Crippen LogP contribution in [0, 0.1) is 11.8 Å². The second kappa shape index (κ2) is 3.74. The summed E-state index contributed by atoms with van der Waals surface area (Å²) in [6.07, 6.45) is 0. The Kier molecular flexibility index (Phi) is 2.44. The third kappa shape index (κ3) is 2.08. The first-order valence-electron chi connectivity index (χ1n) is 3.97. The number of anilines is 2. The summed E-state index contributed by atoms with van der Waals surface area (Å²) in [4.78, 5) is 1.96. The predicted molar refractivity (Wildman–Crippen MR) is 63.4 cm³/mol. The molecule has 4 N–H and O–H groups in total. The van der Waals surface area contributed by atoms with Gasteiger partial charge in [0.25, 0.3) is 0 Å². The third-order valence-electron chi connectivity index (χ3n) is 1.56. The summed E-state index contributed by atoms with van der Waals surface area (Å²) >= 11 is 2.98. The molecule has 2 aromatic heterocycles. The van der Waals surface area contributed by atoms with Crippen molar-refractivity contribution in [1.29, 1.82) is 0 Å². The largest absolute Gasteiger partial charge is 0.391 e. The lowest BCUT2D eigenvalue weighted by Crippen LogP contribution is -1.72. The number of rotatable bonds is 0. The summed E-state index contributed by atoms with van der Waals surface area (Å²) in [5.74, 6) is 6.08. The quantitative estimate of drug-likeness (QED) is 0.670. The SMILES string of the molecule is Nc1ccc(C#Cc2ccc(N)s2)s1. The second-order valence-corrected chi connectivity index (χ2v) is 4.88. The average Bonchev–Trinajstić information content (AvgIpc) is 2.72. The van der Waals surface area contributed by atoms with Crippen molar-refractivity contribution in [2.75, 3.05) is 11.5 Å². The summed E-state index contributed by atoms with van der Waals surface area (Å²) in [6, 6.07) is 7.56. The van der Waals surface area contributed by atoms with Gasteiger partial charge in [0.2, 0.25) is 0 Å². The Morgan fingerprint density at radius 1 is 0.786 bits per heavy atom. The fourth-order valence-corrected chi connectivity index (χ4v) is 2.22. The van der Waals surface area contributed by atoms with Gasteiger partial charge in [0, 0.05) is 0 Å². The van der Waals surface area contributed by atoms with Crippen LogP contribution in [0.15, 0.2) is 24.3 Å². The molecule has 2 nitrogen and oxygen atoms in total. The van der Waals surface area contributed by atoms with E-state index in [0.29, 0.717) is 0 Å². The van der Waals surface area contributed by atoms with Crippen molar-refractivity contribution in [1.82, 2.24) is 0 Å². The van der Waals surface area contributed by atoms with E-state index in [9.17, 15) is 0 Å². The van der Waals surface area contributed by atoms with Crippen LogP contribution in [0.3, 0.4) is 0 Å². The van der Waals surface area contributed by atoms with E-state index in [1.54, 1.807) is 0 Å². The van der Waals surface area contributed by atoms with Gasteiger partial charge in [-0.2, -0.15) is 0 Å². The van der Waals surface area contributed by atoms with E-state index in [0.717, 1.165) is 19.8 Å². The van der Waals surface area contributed by atoms with E-state index < -0.39 is 0 Å². The fraction of sp³-hybridized carbons (Fsp3) is 0. The molecule has 2 rings (SSSR count). The van der Waals surface area contributed by atoms with Crippen LogP contribution in [0.2, 0.25) is 0 Å². The molecule has 4 heteroatoms. The van der Waals surface area contributed by atoms with Gasteiger partial charge in [-0.05, 0) is 36.1 Å². The molecule has 0 amide bonds. The van der Waals surface area contributed by atoms with E-state index in [1.165, 1.54) is 22.7 Å². The zero-order valence-electron chi connectivity index (χ0n) is 7.28. The molecule has 0 bridgehead atoms. The van der Waals surface area contributed by atoms with Crippen LogP contribution in [-0.2, 0) is 0 Å². The lowest BCUT2D eigenvalue weighted by atomic mass is 10.4. The second-order valence-electron chi connectivity index (χ2n) is 2.65. The highest BCUT2D eigenvalue weighted by Crippen LogP contribution is 2.19. The van der Waals surface area contributed by atoms with Crippen molar-refractivity contribution in [3.05, 3.63) is 34.0 Å². The van der Waals surface area contributed by atoms with E-state index >= 15 is 0 Å². The molecule has 70 valence electrons. The number of hydrogen-bond acceptors (Lipinski definition) is 4. The van der Waals surface area contributed by atoms with Crippen LogP contribution in [0.25, 0.3) is 0 Å². The molecule has 0 fully saturated rings. The Bertz CT molecular complexity index is 455. The van der Waals surface area contributed by atoms with E-state index in [4.69, 9.17) is 11.5 Å². The highest BCUT2D eigenvalue weighted by molar-refractivity contribution is 7.17. The van der Waals surface area contributed by atoms with Gasteiger partial charge in [-0.25, -0.2) is 0 Å². The summed E-state index contributed by atoms with van der Waals surface area (Å²) in [7, 11) is 0. The highest BCUT2D eigenvalue weighted by Gasteiger charge is 1.93. The summed E-state index contributed by atoms with van der Waals surface area (Å²) < 4.78 is 0. The van der Waals surface area contributed by atoms with Gasteiger partial charge in [-0.3, -0.25) is 0 Å². The molecule has 0 aliphatic rings. The first-order valence-corrected chi connectivity index (χ1v) is 5.60. The molecule has 0 unspecified atom stereocenters. The zero-order chi connectivity index (χ0) is 9.97. The maximum absolute atomic E-state index is 5.59. The van der Waals surface area contributed by atoms with E-state index in [-0.39, 0.29) is 0 Å². The minimum atomic E-state index is 0.792. The van der Waals surface area contributed by atoms with Crippen molar-refractivity contribution < 1.29 is 0 Å². The predicted octanol–water partition coefficient (Wildman–Crippen LogP) is 2.37. The highest BCUT2D eigenvalue weighted by atomic mass is 32.1. The Hall–Kier alpha value is -1.44. The standard InChI is InChI=1S/C10H8N2S2/c11-9-5-3-7(13-9)1-2-8-4-6-10(12)14-8/h3-6H,11-12H2. The van der Waals surface area contributed by atoms with Crippen molar-refractivity contribution >= 4 is 32.7 Å². The van der Waals surface area contributed by atoms with Gasteiger partial charge in [0.15, 0.2) is 0 Å². The maximum atomic E-state index is 5.59. The Morgan fingerprint density at radius 3 is 1.50 bits per heavy atom. The maximum Gasteiger partial charge on any atom is 0.0869 e. The van der Waals surface area contributed by atoms with Gasteiger partial charge in [0.05, 0.1) is 19.8 Å². The van der Waals surface area contributed by atoms with Gasteiger partial charge >= 0.3 is 0 Å². The summed E-state index contributed by atoms with van der Waals surface area (Å²) in [5, 5.41) is 1.58. The Balaban J connectivity index is 2.22. The number of nitrogens with two attached hydrogens (primary N) is 2. The average molecular weight is 220 g/mol. The van der Waals surface area contributed by atoms with Crippen LogP contribution < -0.4 is 11.5 Å². The molecule has 0 aliphatic carbocycles. The van der Waals surface area contributed by atoms with Crippen LogP contribution >= 0.6 is 22.7 Å². The molecular formula is C10H8N2S2. The van der Waals surface area contributed by atoms with Crippen LogP contribution in [0.4, 0.5) is 10.0 Å². The summed E-state index contributed by atoms with van der Waals surface area (Å²) in [6.45, 7) is 0. The number of nitrogen functional groups attached to an aromatic ring is 2. The van der Waals surface area contributed by atoms with Crippen molar-refractivity contribution in [3.8, 4) is 11.8 Å². The molecule has 0 radical (unpaired) electrons. The Labute approximate surface area is 90.2 Å². The van der Waals surface area contributed by atoms with Crippen molar-refractivity contribution in [3.63, 3.8) is 0 Å². The lowest BCUT2D eigenvalue weighted by molar-refractivity contribution is 1.88. The normalized spacial score (nSPS) is 9.43. The van der Waals surface area contributed by atoms with Gasteiger partial charge in [0.1, 0.15) is 0 Å². The molecular weight excluding hydrogens is 212 g/mol. The Morgan fingerprint density at radius 2 is 1.21 bits per heavy atom. The molecule has 14 heavy (non-hydrogen) atoms. The van der Waals surface area contributed by atoms with Gasteiger partial charge < -0.3 is 11.5 Å². The van der Waals surface area contributed by atoms with Crippen molar-refractivity contribution in [2.45, 2.75) is 0 Å². The molecule has 0 aromatic carbocycles. The fourth-order valence-electron chi connectivity index (χ4n) is 0.963. The molecule has 0 atom stereocenters. The third-order valence-corrected chi connectivity index (χ3v) is 3.22. The van der Waals surface area contributed by atoms with Crippen LogP contribution in [0.5, 0.6) is 0 Å². The smallest absolute Gasteiger partial charge is 0.0869 e. The zero-order valence-corrected chi connectivity index (χ0v) is 8.91. The molecule has 2 aromatic rings. The first-order chi connectivity index (χ1) is 6.74. The molecule has 0 saturated heterocycles. The van der Waals surface area contributed by atoms with Crippen LogP contribution in [-0.4, -0.2) is 0 Å². The van der Waals surface area contributed by atoms with Gasteiger partial charge in [-0.15, -0.1) is 22.7 Å². The van der Waals surface area contributed by atoms with E-state index in [1.807, 2.05) is 24.3 Å². The summed E-state index contributed by atoms with van der Waals surface area (Å²) in [5.41, 5.74) is 11.2. The molecule has 2 heterocycles. The number of hydrogen-bond donors (Lipinski definition) is 2. The van der Waals surface area contributed by atoms with Gasteiger partial charge in [-0.1, -0.05) is 0 Å². The molecule has 0 spiro atoms. The minimum Gasteiger partial charge on any atom is -0.391 e. The topological polar surface area (TPSA) is 52.0 Å². The first kappa shape index (κ1) is 9.13. The van der Waals surface area contributed by atoms with Crippen molar-refractivity contribution in [2.24, 2.45) is 0 Å². The number of thiophene rings is 2. The minimum absolute atomic E-state index is 0.792. The van der Waals surface area contributed by atoms with Crippen LogP contribution in [0.1, 0.15) is 9.75 Å². The lowest BCUT2D eigenvalue weighted by Gasteiger charge is -1.78.